The molecule has 0 aromatic heterocycles. The number of amides is 2. The molecule has 4 aliphatic heterocycles. The van der Waals surface area contributed by atoms with Gasteiger partial charge in [-0.2, -0.15) is 0 Å². The van der Waals surface area contributed by atoms with Crippen LogP contribution in [0.2, 0.25) is 5.02 Å². The van der Waals surface area contributed by atoms with Gasteiger partial charge in [-0.05, 0) is 62.6 Å². The zero-order chi connectivity index (χ0) is 27.4. The smallest absolute Gasteiger partial charge is 0.226 e. The van der Waals surface area contributed by atoms with Gasteiger partial charge in [0.15, 0.2) is 0 Å². The minimum atomic E-state index is -0.374. The van der Waals surface area contributed by atoms with E-state index >= 15 is 0 Å². The number of nitrogens with zero attached hydrogens (tertiary/aromatic N) is 2. The van der Waals surface area contributed by atoms with Crippen LogP contribution in [-0.4, -0.2) is 67.9 Å². The molecule has 5 rings (SSSR count). The molecule has 0 unspecified atom stereocenters. The first-order chi connectivity index (χ1) is 18.0. The summed E-state index contributed by atoms with van der Waals surface area (Å²) in [6.45, 7) is 7.08. The number of methoxy groups -OCH3 is 2. The van der Waals surface area contributed by atoms with Gasteiger partial charge >= 0.3 is 0 Å². The second-order valence-corrected chi connectivity index (χ2v) is 12.2. The zero-order valence-corrected chi connectivity index (χ0v) is 24.0. The van der Waals surface area contributed by atoms with Crippen LogP contribution in [0.25, 0.3) is 0 Å². The van der Waals surface area contributed by atoms with E-state index in [1.165, 1.54) is 0 Å². The molecule has 0 N–H and O–H groups in total. The van der Waals surface area contributed by atoms with Gasteiger partial charge in [0, 0.05) is 33.5 Å². The Balaban J connectivity index is 1.50. The summed E-state index contributed by atoms with van der Waals surface area (Å²) < 4.78 is 17.7. The molecule has 7 nitrogen and oxygen atoms in total. The van der Waals surface area contributed by atoms with Crippen LogP contribution in [0.15, 0.2) is 35.9 Å². The third-order valence-electron chi connectivity index (χ3n) is 9.19. The average molecular weight is 543 g/mol. The van der Waals surface area contributed by atoms with Crippen molar-refractivity contribution in [2.45, 2.75) is 76.2 Å². The second-order valence-electron chi connectivity index (χ2n) is 11.8. The summed E-state index contributed by atoms with van der Waals surface area (Å²) in [6, 6.07) is 3.89. The molecule has 206 valence electrons. The van der Waals surface area contributed by atoms with E-state index in [1.54, 1.807) is 26.2 Å². The van der Waals surface area contributed by atoms with E-state index in [9.17, 15) is 9.59 Å². The van der Waals surface area contributed by atoms with Crippen LogP contribution in [0.4, 0.5) is 5.69 Å². The van der Waals surface area contributed by atoms with Crippen LogP contribution in [0, 0.1) is 11.8 Å². The largest absolute Gasteiger partial charge is 0.495 e. The number of hydrogen-bond donors (Lipinski definition) is 0. The van der Waals surface area contributed by atoms with Crippen molar-refractivity contribution in [1.29, 1.82) is 0 Å². The molecule has 2 amide bonds. The van der Waals surface area contributed by atoms with Crippen LogP contribution in [0.1, 0.15) is 52.0 Å². The Morgan fingerprint density at radius 2 is 1.95 bits per heavy atom. The number of anilines is 1. The number of carbonyl (C=O) groups excluding carboxylic acids is 2. The molecular weight excluding hydrogens is 504 g/mol. The van der Waals surface area contributed by atoms with Crippen molar-refractivity contribution in [1.82, 2.24) is 4.90 Å². The standard InChI is InChI=1S/C30H39ClN2O5/c1-18-8-7-9-24(37-6)30-16-21(15-26(35)33(30)17-30)19(2)28-29(3,38-28)11-10-25(34)32(4)22-13-20(12-18)14-23(36-5)27(22)31/h7-9,13-14,19,21,24,28H,10-12,15-17H2,1-6H3/b9-7+,18-8+/t19-,21+,24-,28+,29+,30+,33?/m1/s1. The van der Waals surface area contributed by atoms with Crippen molar-refractivity contribution in [2.75, 3.05) is 32.7 Å². The van der Waals surface area contributed by atoms with Crippen LogP contribution >= 0.6 is 11.6 Å². The first-order valence-corrected chi connectivity index (χ1v) is 13.9. The van der Waals surface area contributed by atoms with Crippen molar-refractivity contribution in [2.24, 2.45) is 11.8 Å². The Hall–Kier alpha value is -2.35. The number of epoxide rings is 1. The SMILES string of the molecule is COc1cc2cc(c1Cl)N(C)C(=O)CC[C@]1(C)O[C@H]1[C@H](C)[C@H]1CC(=O)N3C[C@@]3(C1)[C@H](OC)/C=C/C=C(\C)C2. The number of hydrogen-bond acceptors (Lipinski definition) is 5. The number of piperidine rings is 1. The molecule has 4 heterocycles. The lowest BCUT2D eigenvalue weighted by Gasteiger charge is -2.35. The van der Waals surface area contributed by atoms with Crippen molar-refractivity contribution in [3.8, 4) is 5.75 Å². The van der Waals surface area contributed by atoms with Gasteiger partial charge in [0.2, 0.25) is 11.8 Å². The average Bonchev–Trinajstić information content (AvgIpc) is 3.79. The van der Waals surface area contributed by atoms with Crippen molar-refractivity contribution >= 4 is 29.1 Å². The van der Waals surface area contributed by atoms with Gasteiger partial charge in [0.25, 0.3) is 0 Å². The predicted molar refractivity (Wildman–Crippen MR) is 148 cm³/mol. The molecule has 0 saturated carbocycles. The summed E-state index contributed by atoms with van der Waals surface area (Å²) in [5, 5.41) is 0.424. The Bertz CT molecular complexity index is 1200. The molecular formula is C30H39ClN2O5. The van der Waals surface area contributed by atoms with Crippen LogP contribution in [0.3, 0.4) is 0 Å². The number of benzene rings is 1. The maximum atomic E-state index is 13.3. The van der Waals surface area contributed by atoms with Gasteiger partial charge < -0.3 is 24.0 Å². The molecule has 4 aliphatic rings. The normalized spacial score (nSPS) is 37.6. The third-order valence-corrected chi connectivity index (χ3v) is 9.56. The van der Waals surface area contributed by atoms with E-state index in [4.69, 9.17) is 25.8 Å². The van der Waals surface area contributed by atoms with E-state index < -0.39 is 0 Å². The monoisotopic (exact) mass is 542 g/mol. The maximum absolute atomic E-state index is 13.3. The van der Waals surface area contributed by atoms with Crippen LogP contribution < -0.4 is 9.64 Å². The molecule has 6 atom stereocenters. The molecule has 1 aromatic rings. The fourth-order valence-corrected chi connectivity index (χ4v) is 6.99. The maximum Gasteiger partial charge on any atom is 0.226 e. The summed E-state index contributed by atoms with van der Waals surface area (Å²) >= 11 is 6.65. The molecule has 1 aromatic carbocycles. The molecule has 1 spiro atoms. The molecule has 0 radical (unpaired) electrons. The number of halogens is 1. The number of ether oxygens (including phenoxy) is 3. The summed E-state index contributed by atoms with van der Waals surface area (Å²) in [7, 11) is 5.07. The zero-order valence-electron chi connectivity index (χ0n) is 23.3. The van der Waals surface area contributed by atoms with Gasteiger partial charge in [-0.25, -0.2) is 0 Å². The molecule has 0 aliphatic carbocycles. The third kappa shape index (κ3) is 4.78. The molecule has 8 heteroatoms. The summed E-state index contributed by atoms with van der Waals surface area (Å²) in [6.07, 6.45) is 9.10. The fourth-order valence-electron chi connectivity index (χ4n) is 6.68. The van der Waals surface area contributed by atoms with E-state index in [0.29, 0.717) is 42.1 Å². The minimum absolute atomic E-state index is 0.0225. The van der Waals surface area contributed by atoms with Gasteiger partial charge in [-0.1, -0.05) is 42.3 Å². The van der Waals surface area contributed by atoms with E-state index in [-0.39, 0.29) is 47.0 Å². The second kappa shape index (κ2) is 10.00. The van der Waals surface area contributed by atoms with Gasteiger partial charge in [-0.3, -0.25) is 9.59 Å². The number of fused-ring (bicyclic) bond motifs is 4. The topological polar surface area (TPSA) is 71.4 Å². The van der Waals surface area contributed by atoms with Gasteiger partial charge in [-0.15, -0.1) is 0 Å². The van der Waals surface area contributed by atoms with Crippen LogP contribution in [-0.2, 0) is 25.5 Å². The highest BCUT2D eigenvalue weighted by Crippen LogP contribution is 2.54. The van der Waals surface area contributed by atoms with Crippen molar-refractivity contribution in [3.63, 3.8) is 0 Å². The fraction of sp³-hybridized carbons (Fsp3) is 0.600. The molecule has 38 heavy (non-hydrogen) atoms. The highest BCUT2D eigenvalue weighted by atomic mass is 35.5. The van der Waals surface area contributed by atoms with E-state index in [0.717, 1.165) is 24.1 Å². The molecule has 3 saturated heterocycles. The lowest BCUT2D eigenvalue weighted by Crippen LogP contribution is -2.44. The van der Waals surface area contributed by atoms with Gasteiger partial charge in [0.1, 0.15) is 16.9 Å². The lowest BCUT2D eigenvalue weighted by molar-refractivity contribution is -0.132. The number of rotatable bonds is 2. The number of carbonyl (C=O) groups is 2. The summed E-state index contributed by atoms with van der Waals surface area (Å²) in [5.74, 6) is 1.14. The predicted octanol–water partition coefficient (Wildman–Crippen LogP) is 4.95. The quantitative estimate of drug-likeness (QED) is 0.494. The Labute approximate surface area is 230 Å². The first-order valence-electron chi connectivity index (χ1n) is 13.5. The lowest BCUT2D eigenvalue weighted by atomic mass is 9.75. The first kappa shape index (κ1) is 27.2. The Kier molecular flexibility index (Phi) is 7.16. The Morgan fingerprint density at radius 1 is 1.18 bits per heavy atom. The minimum Gasteiger partial charge on any atom is -0.495 e. The number of allylic oxidation sites excluding steroid dienone is 3. The summed E-state index contributed by atoms with van der Waals surface area (Å²) in [4.78, 5) is 29.9. The molecule has 3 fully saturated rings. The van der Waals surface area contributed by atoms with E-state index in [2.05, 4.69) is 32.9 Å². The van der Waals surface area contributed by atoms with Crippen LogP contribution in [0.5, 0.6) is 5.75 Å². The highest BCUT2D eigenvalue weighted by Gasteiger charge is 2.65. The highest BCUT2D eigenvalue weighted by molar-refractivity contribution is 6.35. The Morgan fingerprint density at radius 3 is 2.66 bits per heavy atom. The van der Waals surface area contributed by atoms with E-state index in [1.807, 2.05) is 23.1 Å². The van der Waals surface area contributed by atoms with Crippen molar-refractivity contribution in [3.05, 3.63) is 46.5 Å². The van der Waals surface area contributed by atoms with Gasteiger partial charge in [0.05, 0.1) is 30.0 Å². The summed E-state index contributed by atoms with van der Waals surface area (Å²) in [5.41, 5.74) is 2.12. The molecule has 4 bridgehead atoms. The van der Waals surface area contributed by atoms with Crippen molar-refractivity contribution < 1.29 is 23.8 Å².